The third-order valence-corrected chi connectivity index (χ3v) is 3.61. The highest BCUT2D eigenvalue weighted by Crippen LogP contribution is 2.12. The van der Waals surface area contributed by atoms with E-state index in [0.29, 0.717) is 28.7 Å². The van der Waals surface area contributed by atoms with E-state index in [2.05, 4.69) is 30.7 Å². The highest BCUT2D eigenvalue weighted by Gasteiger charge is 2.08. The molecule has 2 aromatic carbocycles. The topological polar surface area (TPSA) is 119 Å². The van der Waals surface area contributed by atoms with Gasteiger partial charge < -0.3 is 15.3 Å². The lowest BCUT2D eigenvalue weighted by atomic mass is 10.1. The highest BCUT2D eigenvalue weighted by atomic mass is 16.1. The lowest BCUT2D eigenvalue weighted by Crippen LogP contribution is -2.22. The molecule has 1 amide bonds. The minimum absolute atomic E-state index is 0.197. The lowest BCUT2D eigenvalue weighted by Gasteiger charge is -2.05. The number of amides is 1. The summed E-state index contributed by atoms with van der Waals surface area (Å²) in [7, 11) is 0. The summed E-state index contributed by atoms with van der Waals surface area (Å²) >= 11 is 0. The van der Waals surface area contributed by atoms with Gasteiger partial charge in [-0.3, -0.25) is 4.79 Å². The molecule has 4 N–H and O–H groups in total. The molecule has 0 saturated carbocycles. The summed E-state index contributed by atoms with van der Waals surface area (Å²) in [6.45, 7) is 0.360. The van der Waals surface area contributed by atoms with Crippen LogP contribution in [0.3, 0.4) is 0 Å². The fraction of sp³-hybridized carbons (Fsp3) is 0.0667. The molecular weight excluding hydrogens is 296 g/mol. The van der Waals surface area contributed by atoms with Gasteiger partial charge >= 0.3 is 5.69 Å². The monoisotopic (exact) mass is 308 g/mol. The third-order valence-electron chi connectivity index (χ3n) is 3.61. The molecule has 0 spiro atoms. The van der Waals surface area contributed by atoms with E-state index in [-0.39, 0.29) is 11.6 Å². The van der Waals surface area contributed by atoms with Gasteiger partial charge in [0, 0.05) is 12.1 Å². The Morgan fingerprint density at radius 1 is 1.00 bits per heavy atom. The van der Waals surface area contributed by atoms with E-state index in [0.717, 1.165) is 11.1 Å². The molecule has 23 heavy (non-hydrogen) atoms. The Kier molecular flexibility index (Phi) is 2.94. The Hall–Kier alpha value is -3.42. The van der Waals surface area contributed by atoms with Crippen LogP contribution in [0.2, 0.25) is 0 Å². The number of hydrogen-bond acceptors (Lipinski definition) is 4. The van der Waals surface area contributed by atoms with Crippen LogP contribution < -0.4 is 11.0 Å². The second-order valence-corrected chi connectivity index (χ2v) is 5.17. The predicted molar refractivity (Wildman–Crippen MR) is 84.0 cm³/mol. The van der Waals surface area contributed by atoms with Crippen molar-refractivity contribution in [1.29, 1.82) is 0 Å². The Morgan fingerprint density at radius 3 is 2.74 bits per heavy atom. The first-order valence-corrected chi connectivity index (χ1v) is 6.99. The molecule has 4 aromatic rings. The van der Waals surface area contributed by atoms with Gasteiger partial charge in [0.15, 0.2) is 0 Å². The number of benzene rings is 2. The number of carbonyl (C=O) groups is 1. The maximum atomic E-state index is 12.2. The van der Waals surface area contributed by atoms with Crippen LogP contribution in [-0.4, -0.2) is 31.3 Å². The maximum Gasteiger partial charge on any atom is 0.323 e. The zero-order valence-electron chi connectivity index (χ0n) is 11.9. The van der Waals surface area contributed by atoms with Crippen molar-refractivity contribution < 1.29 is 4.79 Å². The molecule has 0 aliphatic carbocycles. The molecule has 0 bridgehead atoms. The molecule has 2 aromatic heterocycles. The van der Waals surface area contributed by atoms with Crippen molar-refractivity contribution in [2.24, 2.45) is 0 Å². The molecule has 0 aliphatic rings. The summed E-state index contributed by atoms with van der Waals surface area (Å²) in [5, 5.41) is 13.3. The van der Waals surface area contributed by atoms with E-state index in [9.17, 15) is 9.59 Å². The van der Waals surface area contributed by atoms with Crippen molar-refractivity contribution in [3.8, 4) is 0 Å². The van der Waals surface area contributed by atoms with E-state index in [4.69, 9.17) is 0 Å². The quantitative estimate of drug-likeness (QED) is 0.452. The highest BCUT2D eigenvalue weighted by molar-refractivity contribution is 5.97. The number of carbonyl (C=O) groups excluding carboxylic acids is 1. The summed E-state index contributed by atoms with van der Waals surface area (Å²) in [5.74, 6) is -0.197. The van der Waals surface area contributed by atoms with Gasteiger partial charge in [-0.1, -0.05) is 6.07 Å². The maximum absolute atomic E-state index is 12.2. The van der Waals surface area contributed by atoms with Crippen LogP contribution in [0.5, 0.6) is 0 Å². The van der Waals surface area contributed by atoms with Crippen LogP contribution >= 0.6 is 0 Å². The second kappa shape index (κ2) is 5.09. The van der Waals surface area contributed by atoms with Crippen LogP contribution in [0.25, 0.3) is 22.1 Å². The molecule has 0 fully saturated rings. The number of aromatic amines is 3. The number of H-pyrrole nitrogens is 3. The fourth-order valence-electron chi connectivity index (χ4n) is 2.46. The molecule has 0 saturated heterocycles. The summed E-state index contributed by atoms with van der Waals surface area (Å²) < 4.78 is 0. The Morgan fingerprint density at radius 2 is 1.83 bits per heavy atom. The van der Waals surface area contributed by atoms with Crippen LogP contribution in [0.15, 0.2) is 41.2 Å². The molecule has 4 rings (SSSR count). The first-order chi connectivity index (χ1) is 11.2. The molecular formula is C15H12N6O2. The summed E-state index contributed by atoms with van der Waals surface area (Å²) in [5.41, 5.74) is 3.97. The summed E-state index contributed by atoms with van der Waals surface area (Å²) in [6.07, 6.45) is 0. The molecule has 0 aliphatic heterocycles. The van der Waals surface area contributed by atoms with Gasteiger partial charge in [0.05, 0.1) is 11.0 Å². The molecule has 0 atom stereocenters. The molecule has 2 heterocycles. The number of hydrogen-bond donors (Lipinski definition) is 4. The summed E-state index contributed by atoms with van der Waals surface area (Å²) in [6, 6.07) is 10.6. The first-order valence-electron chi connectivity index (χ1n) is 6.99. The van der Waals surface area contributed by atoms with Crippen molar-refractivity contribution >= 4 is 28.0 Å². The van der Waals surface area contributed by atoms with E-state index in [1.807, 2.05) is 12.1 Å². The van der Waals surface area contributed by atoms with Gasteiger partial charge in [0.2, 0.25) is 0 Å². The summed E-state index contributed by atoms with van der Waals surface area (Å²) in [4.78, 5) is 28.8. The van der Waals surface area contributed by atoms with Crippen molar-refractivity contribution in [3.05, 3.63) is 58.0 Å². The Labute approximate surface area is 128 Å². The zero-order valence-corrected chi connectivity index (χ0v) is 11.9. The van der Waals surface area contributed by atoms with Gasteiger partial charge in [-0.2, -0.15) is 15.4 Å². The van der Waals surface area contributed by atoms with Gasteiger partial charge in [-0.05, 0) is 35.9 Å². The van der Waals surface area contributed by atoms with Gasteiger partial charge in [0.1, 0.15) is 11.0 Å². The van der Waals surface area contributed by atoms with E-state index >= 15 is 0 Å². The number of rotatable bonds is 3. The molecule has 0 unspecified atom stereocenters. The normalized spacial score (nSPS) is 11.1. The SMILES string of the molecule is O=C(NCc1ccc2[nH]c(=O)[nH]c2c1)c1ccc2n[nH]nc2c1. The van der Waals surface area contributed by atoms with E-state index in [1.165, 1.54) is 0 Å². The lowest BCUT2D eigenvalue weighted by molar-refractivity contribution is 0.0951. The number of nitrogens with zero attached hydrogens (tertiary/aromatic N) is 2. The van der Waals surface area contributed by atoms with Gasteiger partial charge in [-0.15, -0.1) is 0 Å². The Balaban J connectivity index is 1.52. The zero-order chi connectivity index (χ0) is 15.8. The van der Waals surface area contributed by atoms with Crippen LogP contribution in [-0.2, 0) is 6.54 Å². The predicted octanol–water partition coefficient (Wildman–Crippen LogP) is 1.06. The largest absolute Gasteiger partial charge is 0.348 e. The number of nitrogens with one attached hydrogen (secondary N) is 4. The number of imidazole rings is 1. The van der Waals surface area contributed by atoms with Crippen LogP contribution in [0.1, 0.15) is 15.9 Å². The van der Waals surface area contributed by atoms with E-state index < -0.39 is 0 Å². The van der Waals surface area contributed by atoms with Crippen molar-refractivity contribution in [2.45, 2.75) is 6.54 Å². The average Bonchev–Trinajstić information content (AvgIpc) is 3.16. The van der Waals surface area contributed by atoms with Crippen LogP contribution in [0.4, 0.5) is 0 Å². The van der Waals surface area contributed by atoms with Gasteiger partial charge in [-0.25, -0.2) is 4.79 Å². The molecule has 8 nitrogen and oxygen atoms in total. The number of aromatic nitrogens is 5. The standard InChI is InChI=1S/C15H12N6O2/c22-14(9-2-4-11-13(6-9)20-21-19-11)16-7-8-1-3-10-12(5-8)18-15(23)17-10/h1-6H,7H2,(H,16,22)(H2,17,18,23)(H,19,20,21). The van der Waals surface area contributed by atoms with Crippen LogP contribution in [0, 0.1) is 0 Å². The third kappa shape index (κ3) is 2.46. The molecule has 114 valence electrons. The minimum atomic E-state index is -0.248. The molecule has 8 heteroatoms. The molecule has 0 radical (unpaired) electrons. The first kappa shape index (κ1) is 13.3. The van der Waals surface area contributed by atoms with Crippen molar-refractivity contribution in [1.82, 2.24) is 30.7 Å². The smallest absolute Gasteiger partial charge is 0.323 e. The second-order valence-electron chi connectivity index (χ2n) is 5.17. The number of fused-ring (bicyclic) bond motifs is 2. The fourth-order valence-corrected chi connectivity index (χ4v) is 2.46. The minimum Gasteiger partial charge on any atom is -0.348 e. The van der Waals surface area contributed by atoms with Crippen molar-refractivity contribution in [2.75, 3.05) is 0 Å². The van der Waals surface area contributed by atoms with Crippen molar-refractivity contribution in [3.63, 3.8) is 0 Å². The van der Waals surface area contributed by atoms with Gasteiger partial charge in [0.25, 0.3) is 5.91 Å². The average molecular weight is 308 g/mol. The van der Waals surface area contributed by atoms with E-state index in [1.54, 1.807) is 24.3 Å². The Bertz CT molecular complexity index is 1070.